The summed E-state index contributed by atoms with van der Waals surface area (Å²) in [5.74, 6) is -0.617. The van der Waals surface area contributed by atoms with Crippen LogP contribution in [0.25, 0.3) is 0 Å². The number of anilines is 1. The highest BCUT2D eigenvalue weighted by Crippen LogP contribution is 2.33. The fourth-order valence-corrected chi connectivity index (χ4v) is 2.07. The smallest absolute Gasteiger partial charge is 0.272 e. The monoisotopic (exact) mass is 270 g/mol. The highest BCUT2D eigenvalue weighted by Gasteiger charge is 2.35. The summed E-state index contributed by atoms with van der Waals surface area (Å²) in [6.45, 7) is 3.55. The van der Waals surface area contributed by atoms with Crippen LogP contribution in [0.2, 0.25) is 0 Å². The highest BCUT2D eigenvalue weighted by atomic mass is 19.4. The van der Waals surface area contributed by atoms with Crippen molar-refractivity contribution in [1.29, 1.82) is 0 Å². The molecule has 0 radical (unpaired) electrons. The van der Waals surface area contributed by atoms with Crippen LogP contribution in [0.5, 0.6) is 0 Å². The Morgan fingerprint density at radius 3 is 2.58 bits per heavy atom. The maximum atomic E-state index is 12.6. The number of hydrazone groups is 1. The third kappa shape index (κ3) is 2.47. The number of alkyl halides is 3. The van der Waals surface area contributed by atoms with Gasteiger partial charge in [-0.15, -0.1) is 0 Å². The number of hydrogen-bond donors (Lipinski definition) is 0. The zero-order valence-corrected chi connectivity index (χ0v) is 10.5. The molecule has 1 unspecified atom stereocenters. The Hall–Kier alpha value is -1.85. The zero-order valence-electron chi connectivity index (χ0n) is 10.5. The minimum Gasteiger partial charge on any atom is -0.272 e. The van der Waals surface area contributed by atoms with Gasteiger partial charge in [0.05, 0.1) is 17.2 Å². The van der Waals surface area contributed by atoms with Crippen LogP contribution in [0.1, 0.15) is 25.8 Å². The first kappa shape index (κ1) is 13.6. The van der Waals surface area contributed by atoms with Crippen molar-refractivity contribution in [3.8, 4) is 0 Å². The second-order valence-corrected chi connectivity index (χ2v) is 4.40. The average molecular weight is 270 g/mol. The van der Waals surface area contributed by atoms with Gasteiger partial charge in [-0.1, -0.05) is 13.0 Å². The number of carbonyl (C=O) groups excluding carboxylic acids is 1. The second-order valence-electron chi connectivity index (χ2n) is 4.40. The number of hydrogen-bond acceptors (Lipinski definition) is 2. The van der Waals surface area contributed by atoms with Crippen molar-refractivity contribution in [1.82, 2.24) is 0 Å². The van der Waals surface area contributed by atoms with Crippen LogP contribution in [0.3, 0.4) is 0 Å². The molecule has 102 valence electrons. The van der Waals surface area contributed by atoms with Gasteiger partial charge in [0.2, 0.25) is 0 Å². The van der Waals surface area contributed by atoms with Gasteiger partial charge in [0.15, 0.2) is 0 Å². The Morgan fingerprint density at radius 2 is 2.05 bits per heavy atom. The topological polar surface area (TPSA) is 32.7 Å². The number of benzene rings is 1. The molecule has 3 nitrogen and oxygen atoms in total. The standard InChI is InChI=1S/C13H13F3N2O/c1-3-11-8(2)17-18(12(11)19)10-6-4-5-9(7-10)13(14,15)16/h4-7,11H,3H2,1-2H3. The van der Waals surface area contributed by atoms with Crippen LogP contribution < -0.4 is 5.01 Å². The quantitative estimate of drug-likeness (QED) is 0.810. The van der Waals surface area contributed by atoms with E-state index in [1.807, 2.05) is 6.92 Å². The van der Waals surface area contributed by atoms with Crippen LogP contribution in [-0.4, -0.2) is 11.6 Å². The molecule has 1 aromatic rings. The lowest BCUT2D eigenvalue weighted by atomic mass is 10.0. The molecular weight excluding hydrogens is 257 g/mol. The van der Waals surface area contributed by atoms with Crippen molar-refractivity contribution in [3.63, 3.8) is 0 Å². The molecule has 1 aliphatic rings. The van der Waals surface area contributed by atoms with E-state index in [2.05, 4.69) is 5.10 Å². The van der Waals surface area contributed by atoms with E-state index in [0.717, 1.165) is 17.1 Å². The molecule has 0 aromatic heterocycles. The largest absolute Gasteiger partial charge is 0.416 e. The Kier molecular flexibility index (Phi) is 3.34. The molecule has 1 atom stereocenters. The molecule has 1 aliphatic heterocycles. The molecule has 1 amide bonds. The normalized spacial score (nSPS) is 19.8. The molecule has 0 saturated carbocycles. The summed E-state index contributed by atoms with van der Waals surface area (Å²) >= 11 is 0. The van der Waals surface area contributed by atoms with Crippen molar-refractivity contribution in [2.75, 3.05) is 5.01 Å². The predicted octanol–water partition coefficient (Wildman–Crippen LogP) is 3.45. The van der Waals surface area contributed by atoms with Gasteiger partial charge >= 0.3 is 6.18 Å². The minimum absolute atomic E-state index is 0.148. The van der Waals surface area contributed by atoms with E-state index in [9.17, 15) is 18.0 Å². The number of halogens is 3. The highest BCUT2D eigenvalue weighted by molar-refractivity contribution is 6.14. The molecule has 0 aliphatic carbocycles. The Balaban J connectivity index is 2.37. The lowest BCUT2D eigenvalue weighted by Crippen LogP contribution is -2.26. The number of carbonyl (C=O) groups is 1. The summed E-state index contributed by atoms with van der Waals surface area (Å²) in [6.07, 6.45) is -3.84. The molecule has 0 N–H and O–H groups in total. The molecule has 0 saturated heterocycles. The predicted molar refractivity (Wildman–Crippen MR) is 65.8 cm³/mol. The van der Waals surface area contributed by atoms with Gasteiger partial charge < -0.3 is 0 Å². The first-order valence-corrected chi connectivity index (χ1v) is 5.91. The van der Waals surface area contributed by atoms with Crippen LogP contribution in [-0.2, 0) is 11.0 Å². The van der Waals surface area contributed by atoms with Crippen LogP contribution in [0.15, 0.2) is 29.4 Å². The third-order valence-electron chi connectivity index (χ3n) is 3.10. The zero-order chi connectivity index (χ0) is 14.2. The number of nitrogens with zero attached hydrogens (tertiary/aromatic N) is 2. The van der Waals surface area contributed by atoms with Gasteiger partial charge in [0.25, 0.3) is 5.91 Å². The summed E-state index contributed by atoms with van der Waals surface area (Å²) in [5, 5.41) is 5.10. The van der Waals surface area contributed by atoms with E-state index < -0.39 is 11.7 Å². The lowest BCUT2D eigenvalue weighted by molar-refractivity contribution is -0.137. The molecule has 0 bridgehead atoms. The molecule has 1 heterocycles. The summed E-state index contributed by atoms with van der Waals surface area (Å²) in [4.78, 5) is 12.0. The molecule has 6 heteroatoms. The van der Waals surface area contributed by atoms with Gasteiger partial charge in [-0.05, 0) is 31.5 Å². The van der Waals surface area contributed by atoms with Crippen molar-refractivity contribution >= 4 is 17.3 Å². The summed E-state index contributed by atoms with van der Waals surface area (Å²) in [5.41, 5.74) is -0.00867. The van der Waals surface area contributed by atoms with E-state index in [4.69, 9.17) is 0 Å². The maximum Gasteiger partial charge on any atom is 0.416 e. The van der Waals surface area contributed by atoms with E-state index >= 15 is 0 Å². The first-order valence-electron chi connectivity index (χ1n) is 5.91. The van der Waals surface area contributed by atoms with Crippen molar-refractivity contribution in [2.24, 2.45) is 11.0 Å². The van der Waals surface area contributed by atoms with Crippen molar-refractivity contribution in [3.05, 3.63) is 29.8 Å². The Morgan fingerprint density at radius 1 is 1.37 bits per heavy atom. The number of amides is 1. The summed E-state index contributed by atoms with van der Waals surface area (Å²) in [7, 11) is 0. The van der Waals surface area contributed by atoms with Crippen LogP contribution in [0, 0.1) is 5.92 Å². The second kappa shape index (κ2) is 4.68. The van der Waals surface area contributed by atoms with Gasteiger partial charge in [0, 0.05) is 5.71 Å². The van der Waals surface area contributed by atoms with E-state index in [1.165, 1.54) is 12.1 Å². The van der Waals surface area contributed by atoms with Gasteiger partial charge in [0.1, 0.15) is 0 Å². The molecule has 2 rings (SSSR count). The fourth-order valence-electron chi connectivity index (χ4n) is 2.07. The summed E-state index contributed by atoms with van der Waals surface area (Å²) < 4.78 is 37.9. The fraction of sp³-hybridized carbons (Fsp3) is 0.385. The lowest BCUT2D eigenvalue weighted by Gasteiger charge is -2.15. The van der Waals surface area contributed by atoms with Gasteiger partial charge in [-0.2, -0.15) is 18.3 Å². The van der Waals surface area contributed by atoms with E-state index in [1.54, 1.807) is 6.92 Å². The molecular formula is C13H13F3N2O. The maximum absolute atomic E-state index is 12.6. The van der Waals surface area contributed by atoms with Gasteiger partial charge in [-0.25, -0.2) is 5.01 Å². The van der Waals surface area contributed by atoms with Gasteiger partial charge in [-0.3, -0.25) is 4.79 Å². The van der Waals surface area contributed by atoms with E-state index in [0.29, 0.717) is 12.1 Å². The van der Waals surface area contributed by atoms with E-state index in [-0.39, 0.29) is 17.5 Å². The summed E-state index contributed by atoms with van der Waals surface area (Å²) in [6, 6.07) is 4.63. The third-order valence-corrected chi connectivity index (χ3v) is 3.10. The Bertz CT molecular complexity index is 537. The molecule has 1 aromatic carbocycles. The number of rotatable bonds is 2. The van der Waals surface area contributed by atoms with Crippen LogP contribution >= 0.6 is 0 Å². The minimum atomic E-state index is -4.43. The van der Waals surface area contributed by atoms with Crippen molar-refractivity contribution in [2.45, 2.75) is 26.4 Å². The van der Waals surface area contributed by atoms with Crippen molar-refractivity contribution < 1.29 is 18.0 Å². The molecule has 19 heavy (non-hydrogen) atoms. The Labute approximate surface area is 108 Å². The first-order chi connectivity index (χ1) is 8.84. The average Bonchev–Trinajstić information content (AvgIpc) is 2.63. The molecule has 0 spiro atoms. The SMILES string of the molecule is CCC1C(=O)N(c2cccc(C(F)(F)F)c2)N=C1C. The van der Waals surface area contributed by atoms with Crippen LogP contribution in [0.4, 0.5) is 18.9 Å². The molecule has 0 fully saturated rings.